The molecular formula is C13H14ClNO. The van der Waals surface area contributed by atoms with Crippen LogP contribution in [-0.4, -0.2) is 10.9 Å². The molecule has 2 nitrogen and oxygen atoms in total. The average molecular weight is 236 g/mol. The molecule has 0 saturated carbocycles. The van der Waals surface area contributed by atoms with E-state index in [2.05, 4.69) is 18.4 Å². The van der Waals surface area contributed by atoms with Gasteiger partial charge in [0, 0.05) is 29.1 Å². The van der Waals surface area contributed by atoms with Crippen LogP contribution in [0.2, 0.25) is 5.02 Å². The molecule has 1 heterocycles. The van der Waals surface area contributed by atoms with Crippen LogP contribution in [0.3, 0.4) is 0 Å². The molecular weight excluding hydrogens is 222 g/mol. The monoisotopic (exact) mass is 235 g/mol. The number of nitrogens with zero attached hydrogens (tertiary/aromatic N) is 1. The molecule has 0 atom stereocenters. The van der Waals surface area contributed by atoms with Gasteiger partial charge < -0.3 is 9.36 Å². The van der Waals surface area contributed by atoms with E-state index < -0.39 is 0 Å². The summed E-state index contributed by atoms with van der Waals surface area (Å²) in [4.78, 5) is 10.6. The lowest BCUT2D eigenvalue weighted by molar-refractivity contribution is -0.107. The minimum absolute atomic E-state index is 0.362. The van der Waals surface area contributed by atoms with Crippen LogP contribution in [0.1, 0.15) is 25.5 Å². The third-order valence-electron chi connectivity index (χ3n) is 2.74. The van der Waals surface area contributed by atoms with Crippen LogP contribution in [0.5, 0.6) is 0 Å². The lowest BCUT2D eigenvalue weighted by atomic mass is 10.1. The Labute approximate surface area is 99.8 Å². The van der Waals surface area contributed by atoms with Crippen LogP contribution in [-0.2, 0) is 11.2 Å². The molecule has 1 aromatic carbocycles. The molecule has 0 aliphatic rings. The van der Waals surface area contributed by atoms with Crippen molar-refractivity contribution in [2.75, 3.05) is 0 Å². The number of aromatic nitrogens is 1. The number of carbonyl (C=O) groups excluding carboxylic acids is 1. The number of fused-ring (bicyclic) bond motifs is 1. The Hall–Kier alpha value is -1.28. The fourth-order valence-electron chi connectivity index (χ4n) is 1.98. The molecule has 0 fully saturated rings. The van der Waals surface area contributed by atoms with Gasteiger partial charge in [0.05, 0.1) is 5.52 Å². The summed E-state index contributed by atoms with van der Waals surface area (Å²) in [6.45, 7) is 4.23. The molecule has 0 aliphatic heterocycles. The maximum Gasteiger partial charge on any atom is 0.124 e. The molecule has 0 spiro atoms. The van der Waals surface area contributed by atoms with Crippen molar-refractivity contribution in [3.8, 4) is 0 Å². The van der Waals surface area contributed by atoms with Crippen LogP contribution in [0, 0.1) is 0 Å². The number of benzene rings is 1. The minimum atomic E-state index is 0.362. The zero-order chi connectivity index (χ0) is 11.7. The Morgan fingerprint density at radius 2 is 2.19 bits per heavy atom. The van der Waals surface area contributed by atoms with Crippen LogP contribution in [0.25, 0.3) is 10.9 Å². The Balaban J connectivity index is 2.70. The molecule has 1 aromatic heterocycles. The highest BCUT2D eigenvalue weighted by Gasteiger charge is 2.10. The van der Waals surface area contributed by atoms with Gasteiger partial charge in [-0.15, -0.1) is 0 Å². The van der Waals surface area contributed by atoms with Crippen molar-refractivity contribution in [1.82, 2.24) is 4.57 Å². The largest absolute Gasteiger partial charge is 0.345 e. The first kappa shape index (κ1) is 11.2. The molecule has 2 aromatic rings. The standard InChI is InChI=1S/C13H14ClNO/c1-9(2)15-8-10(5-6-16)12-4-3-11(14)7-13(12)15/h3-4,6-9H,5H2,1-2H3. The van der Waals surface area contributed by atoms with E-state index in [4.69, 9.17) is 11.6 Å². The Kier molecular flexibility index (Phi) is 3.01. The van der Waals surface area contributed by atoms with E-state index in [0.717, 1.165) is 27.8 Å². The number of aldehydes is 1. The van der Waals surface area contributed by atoms with Gasteiger partial charge in [0.15, 0.2) is 0 Å². The van der Waals surface area contributed by atoms with E-state index in [1.165, 1.54) is 0 Å². The van der Waals surface area contributed by atoms with E-state index in [-0.39, 0.29) is 0 Å². The van der Waals surface area contributed by atoms with Gasteiger partial charge in [0.25, 0.3) is 0 Å². The third-order valence-corrected chi connectivity index (χ3v) is 2.97. The normalized spacial score (nSPS) is 11.2. The summed E-state index contributed by atoms with van der Waals surface area (Å²) in [5.74, 6) is 0. The summed E-state index contributed by atoms with van der Waals surface area (Å²) in [6, 6.07) is 6.16. The summed E-state index contributed by atoms with van der Waals surface area (Å²) >= 11 is 6.00. The first-order valence-corrected chi connectivity index (χ1v) is 5.74. The summed E-state index contributed by atoms with van der Waals surface area (Å²) < 4.78 is 2.15. The summed E-state index contributed by atoms with van der Waals surface area (Å²) in [6.07, 6.45) is 3.44. The van der Waals surface area contributed by atoms with Crippen molar-refractivity contribution in [3.63, 3.8) is 0 Å². The molecule has 0 saturated heterocycles. The highest BCUT2D eigenvalue weighted by atomic mass is 35.5. The number of halogens is 1. The highest BCUT2D eigenvalue weighted by Crippen LogP contribution is 2.27. The molecule has 0 radical (unpaired) electrons. The number of rotatable bonds is 3. The van der Waals surface area contributed by atoms with E-state index in [9.17, 15) is 4.79 Å². The van der Waals surface area contributed by atoms with Crippen molar-refractivity contribution in [1.29, 1.82) is 0 Å². The van der Waals surface area contributed by atoms with Crippen molar-refractivity contribution in [2.45, 2.75) is 26.3 Å². The van der Waals surface area contributed by atoms with Crippen LogP contribution in [0.4, 0.5) is 0 Å². The molecule has 0 unspecified atom stereocenters. The summed E-state index contributed by atoms with van der Waals surface area (Å²) in [7, 11) is 0. The van der Waals surface area contributed by atoms with E-state index >= 15 is 0 Å². The molecule has 84 valence electrons. The predicted octanol–water partition coefficient (Wildman–Crippen LogP) is 3.62. The number of carbonyl (C=O) groups is 1. The van der Waals surface area contributed by atoms with E-state index in [0.29, 0.717) is 12.5 Å². The molecule has 0 amide bonds. The van der Waals surface area contributed by atoms with Gasteiger partial charge in [0.2, 0.25) is 0 Å². The highest BCUT2D eigenvalue weighted by molar-refractivity contribution is 6.31. The fourth-order valence-corrected chi connectivity index (χ4v) is 2.14. The van der Waals surface area contributed by atoms with Gasteiger partial charge >= 0.3 is 0 Å². The van der Waals surface area contributed by atoms with Crippen molar-refractivity contribution >= 4 is 28.8 Å². The molecule has 2 rings (SSSR count). The lowest BCUT2D eigenvalue weighted by Gasteiger charge is -2.08. The maximum absolute atomic E-state index is 10.6. The fraction of sp³-hybridized carbons (Fsp3) is 0.308. The van der Waals surface area contributed by atoms with Crippen LogP contribution >= 0.6 is 11.6 Å². The lowest BCUT2D eigenvalue weighted by Crippen LogP contribution is -1.97. The maximum atomic E-state index is 10.6. The number of hydrogen-bond acceptors (Lipinski definition) is 1. The van der Waals surface area contributed by atoms with Gasteiger partial charge in [-0.3, -0.25) is 0 Å². The molecule has 16 heavy (non-hydrogen) atoms. The molecule has 0 N–H and O–H groups in total. The zero-order valence-corrected chi connectivity index (χ0v) is 10.2. The second-order valence-electron chi connectivity index (χ2n) is 4.19. The van der Waals surface area contributed by atoms with Crippen LogP contribution < -0.4 is 0 Å². The van der Waals surface area contributed by atoms with Crippen LogP contribution in [0.15, 0.2) is 24.4 Å². The first-order valence-electron chi connectivity index (χ1n) is 5.36. The van der Waals surface area contributed by atoms with Gasteiger partial charge in [-0.2, -0.15) is 0 Å². The van der Waals surface area contributed by atoms with Crippen molar-refractivity contribution in [2.24, 2.45) is 0 Å². The average Bonchev–Trinajstić information content (AvgIpc) is 2.57. The summed E-state index contributed by atoms with van der Waals surface area (Å²) in [5, 5.41) is 1.84. The molecule has 0 aliphatic carbocycles. The Morgan fingerprint density at radius 3 is 2.81 bits per heavy atom. The van der Waals surface area contributed by atoms with Crippen molar-refractivity contribution < 1.29 is 4.79 Å². The van der Waals surface area contributed by atoms with Crippen molar-refractivity contribution in [3.05, 3.63) is 35.0 Å². The minimum Gasteiger partial charge on any atom is -0.345 e. The summed E-state index contributed by atoms with van der Waals surface area (Å²) in [5.41, 5.74) is 2.16. The Morgan fingerprint density at radius 1 is 1.44 bits per heavy atom. The van der Waals surface area contributed by atoms with Gasteiger partial charge in [0.1, 0.15) is 6.29 Å². The second-order valence-corrected chi connectivity index (χ2v) is 4.62. The zero-order valence-electron chi connectivity index (χ0n) is 9.40. The molecule has 0 bridgehead atoms. The van der Waals surface area contributed by atoms with Gasteiger partial charge in [-0.25, -0.2) is 0 Å². The predicted molar refractivity (Wildman–Crippen MR) is 67.1 cm³/mol. The first-order chi connectivity index (χ1) is 7.63. The van der Waals surface area contributed by atoms with E-state index in [1.807, 2.05) is 24.4 Å². The third kappa shape index (κ3) is 1.85. The number of hydrogen-bond donors (Lipinski definition) is 0. The quantitative estimate of drug-likeness (QED) is 0.745. The Bertz CT molecular complexity index is 528. The SMILES string of the molecule is CC(C)n1cc(CC=O)c2ccc(Cl)cc21. The van der Waals surface area contributed by atoms with Gasteiger partial charge in [-0.05, 0) is 31.5 Å². The van der Waals surface area contributed by atoms with Gasteiger partial charge in [-0.1, -0.05) is 17.7 Å². The second kappa shape index (κ2) is 4.30. The van der Waals surface area contributed by atoms with E-state index in [1.54, 1.807) is 0 Å². The molecule has 3 heteroatoms. The topological polar surface area (TPSA) is 22.0 Å². The smallest absolute Gasteiger partial charge is 0.124 e.